The van der Waals surface area contributed by atoms with Gasteiger partial charge >= 0.3 is 0 Å². The van der Waals surface area contributed by atoms with Gasteiger partial charge in [-0.05, 0) is 18.6 Å². The largest absolute Gasteiger partial charge is 0.324 e. The lowest BCUT2D eigenvalue weighted by atomic mass is 10.1. The summed E-state index contributed by atoms with van der Waals surface area (Å²) in [6.07, 6.45) is 4.30. The molecule has 0 fully saturated rings. The number of carbonyl (C=O) groups is 1. The van der Waals surface area contributed by atoms with Crippen LogP contribution in [0.4, 0.5) is 5.69 Å². The fraction of sp³-hybridized carbons (Fsp3) is 0.462. The third-order valence-corrected chi connectivity index (χ3v) is 4.35. The van der Waals surface area contributed by atoms with Gasteiger partial charge in [0.1, 0.15) is 0 Å². The number of hydrogen-bond acceptors (Lipinski definition) is 3. The Balaban J connectivity index is 2.78. The maximum atomic E-state index is 11.8. The smallest absolute Gasteiger partial charge is 0.238 e. The standard InChI is InChI=1S/C13H18Cl2N2O3S/c1-2-3-4-5-6-12(18)17-13-10(14)7-9(8-11(13)15)21(16,19)20/h7-8H,2-6H2,1H3,(H,17,18)(H2,16,19,20). The molecule has 3 N–H and O–H groups in total. The van der Waals surface area contributed by atoms with E-state index < -0.39 is 10.0 Å². The molecule has 0 saturated carbocycles. The predicted molar refractivity (Wildman–Crippen MR) is 85.2 cm³/mol. The Morgan fingerprint density at radius 2 is 1.76 bits per heavy atom. The average molecular weight is 353 g/mol. The van der Waals surface area contributed by atoms with E-state index in [4.69, 9.17) is 28.3 Å². The third-order valence-electron chi connectivity index (χ3n) is 2.87. The molecule has 0 aromatic heterocycles. The monoisotopic (exact) mass is 352 g/mol. The van der Waals surface area contributed by atoms with Crippen molar-refractivity contribution in [3.8, 4) is 0 Å². The topological polar surface area (TPSA) is 89.3 Å². The van der Waals surface area contributed by atoms with Crippen LogP contribution < -0.4 is 10.5 Å². The second-order valence-electron chi connectivity index (χ2n) is 4.67. The van der Waals surface area contributed by atoms with Crippen molar-refractivity contribution >= 4 is 44.8 Å². The van der Waals surface area contributed by atoms with Gasteiger partial charge in [0.25, 0.3) is 0 Å². The van der Waals surface area contributed by atoms with Crippen molar-refractivity contribution in [1.82, 2.24) is 0 Å². The summed E-state index contributed by atoms with van der Waals surface area (Å²) in [5.41, 5.74) is 0.200. The molecule has 1 rings (SSSR count). The second kappa shape index (κ2) is 7.98. The van der Waals surface area contributed by atoms with E-state index >= 15 is 0 Å². The fourth-order valence-electron chi connectivity index (χ4n) is 1.75. The van der Waals surface area contributed by atoms with Crippen molar-refractivity contribution in [1.29, 1.82) is 0 Å². The van der Waals surface area contributed by atoms with E-state index in [1.807, 2.05) is 0 Å². The van der Waals surface area contributed by atoms with Gasteiger partial charge < -0.3 is 5.32 Å². The summed E-state index contributed by atoms with van der Waals surface area (Å²) in [6, 6.07) is 2.32. The Bertz CT molecular complexity index is 595. The Hall–Kier alpha value is -0.820. The molecule has 0 radical (unpaired) electrons. The van der Waals surface area contributed by atoms with E-state index in [2.05, 4.69) is 12.2 Å². The summed E-state index contributed by atoms with van der Waals surface area (Å²) >= 11 is 11.9. The molecule has 1 amide bonds. The zero-order valence-corrected chi connectivity index (χ0v) is 14.0. The van der Waals surface area contributed by atoms with Gasteiger partial charge in [-0.1, -0.05) is 49.4 Å². The average Bonchev–Trinajstić information content (AvgIpc) is 2.37. The molecule has 0 atom stereocenters. The zero-order chi connectivity index (χ0) is 16.0. The van der Waals surface area contributed by atoms with Crippen molar-refractivity contribution < 1.29 is 13.2 Å². The van der Waals surface area contributed by atoms with Crippen molar-refractivity contribution in [2.24, 2.45) is 5.14 Å². The van der Waals surface area contributed by atoms with E-state index in [0.717, 1.165) is 37.8 Å². The molecule has 0 unspecified atom stereocenters. The number of nitrogens with two attached hydrogens (primary N) is 1. The molecule has 0 aliphatic carbocycles. The highest BCUT2D eigenvalue weighted by Crippen LogP contribution is 2.33. The van der Waals surface area contributed by atoms with E-state index in [9.17, 15) is 13.2 Å². The fourth-order valence-corrected chi connectivity index (χ4v) is 3.02. The molecule has 0 aliphatic rings. The van der Waals surface area contributed by atoms with Gasteiger partial charge in [-0.15, -0.1) is 0 Å². The number of anilines is 1. The molecule has 0 spiro atoms. The Morgan fingerprint density at radius 1 is 1.19 bits per heavy atom. The summed E-state index contributed by atoms with van der Waals surface area (Å²) in [6.45, 7) is 2.09. The van der Waals surface area contributed by atoms with Gasteiger partial charge in [-0.25, -0.2) is 13.6 Å². The molecular formula is C13H18Cl2N2O3S. The quantitative estimate of drug-likeness (QED) is 0.735. The first kappa shape index (κ1) is 18.2. The molecule has 0 heterocycles. The zero-order valence-electron chi connectivity index (χ0n) is 11.7. The van der Waals surface area contributed by atoms with Crippen LogP contribution in [0.2, 0.25) is 10.0 Å². The van der Waals surface area contributed by atoms with Crippen LogP contribution in [0, 0.1) is 0 Å². The van der Waals surface area contributed by atoms with Crippen molar-refractivity contribution in [2.75, 3.05) is 5.32 Å². The van der Waals surface area contributed by atoms with Gasteiger partial charge in [-0.2, -0.15) is 0 Å². The molecule has 1 aromatic carbocycles. The number of benzene rings is 1. The van der Waals surface area contributed by atoms with E-state index in [0.29, 0.717) is 6.42 Å². The van der Waals surface area contributed by atoms with Crippen LogP contribution in [0.15, 0.2) is 17.0 Å². The van der Waals surface area contributed by atoms with E-state index in [1.54, 1.807) is 0 Å². The predicted octanol–water partition coefficient (Wildman–Crippen LogP) is 3.55. The normalized spacial score (nSPS) is 11.4. The third kappa shape index (κ3) is 5.82. The first-order chi connectivity index (χ1) is 9.75. The molecule has 8 heteroatoms. The minimum absolute atomic E-state index is 0.0356. The number of halogens is 2. The highest BCUT2D eigenvalue weighted by molar-refractivity contribution is 7.89. The Kier molecular flexibility index (Phi) is 6.93. The van der Waals surface area contributed by atoms with Crippen LogP contribution in [0.1, 0.15) is 39.0 Å². The highest BCUT2D eigenvalue weighted by Gasteiger charge is 2.16. The molecule has 0 saturated heterocycles. The van der Waals surface area contributed by atoms with Crippen molar-refractivity contribution in [3.05, 3.63) is 22.2 Å². The minimum atomic E-state index is -3.90. The lowest BCUT2D eigenvalue weighted by Gasteiger charge is -2.11. The minimum Gasteiger partial charge on any atom is -0.324 e. The first-order valence-corrected chi connectivity index (χ1v) is 8.87. The molecule has 0 aliphatic heterocycles. The number of hydrogen-bond donors (Lipinski definition) is 2. The molecular weight excluding hydrogens is 335 g/mol. The van der Waals surface area contributed by atoms with E-state index in [-0.39, 0.29) is 26.5 Å². The summed E-state index contributed by atoms with van der Waals surface area (Å²) in [5.74, 6) is -0.210. The lowest BCUT2D eigenvalue weighted by molar-refractivity contribution is -0.116. The number of nitrogens with one attached hydrogen (secondary N) is 1. The lowest BCUT2D eigenvalue weighted by Crippen LogP contribution is -2.14. The maximum Gasteiger partial charge on any atom is 0.238 e. The number of sulfonamides is 1. The van der Waals surface area contributed by atoms with Gasteiger partial charge in [0.05, 0.1) is 20.6 Å². The van der Waals surface area contributed by atoms with Crippen LogP contribution in [-0.2, 0) is 14.8 Å². The summed E-state index contributed by atoms with van der Waals surface area (Å²) < 4.78 is 22.5. The van der Waals surface area contributed by atoms with Gasteiger partial charge in [0.15, 0.2) is 0 Å². The summed E-state index contributed by atoms with van der Waals surface area (Å²) in [5, 5.41) is 7.67. The van der Waals surface area contributed by atoms with Crippen LogP contribution in [-0.4, -0.2) is 14.3 Å². The SMILES string of the molecule is CCCCCCC(=O)Nc1c(Cl)cc(S(N)(=O)=O)cc1Cl. The molecule has 1 aromatic rings. The highest BCUT2D eigenvalue weighted by atomic mass is 35.5. The Morgan fingerprint density at radius 3 is 2.24 bits per heavy atom. The summed E-state index contributed by atoms with van der Waals surface area (Å²) in [7, 11) is -3.90. The number of primary sulfonamides is 1. The van der Waals surface area contributed by atoms with Crippen LogP contribution in [0.3, 0.4) is 0 Å². The number of amides is 1. The van der Waals surface area contributed by atoms with Crippen LogP contribution >= 0.6 is 23.2 Å². The Labute approximate surface area is 134 Å². The van der Waals surface area contributed by atoms with Gasteiger partial charge in [0, 0.05) is 6.42 Å². The number of rotatable bonds is 7. The van der Waals surface area contributed by atoms with Crippen LogP contribution in [0.5, 0.6) is 0 Å². The number of unbranched alkanes of at least 4 members (excludes halogenated alkanes) is 3. The first-order valence-electron chi connectivity index (χ1n) is 6.57. The van der Waals surface area contributed by atoms with Crippen molar-refractivity contribution in [2.45, 2.75) is 43.9 Å². The van der Waals surface area contributed by atoms with Crippen molar-refractivity contribution in [3.63, 3.8) is 0 Å². The second-order valence-corrected chi connectivity index (χ2v) is 7.04. The van der Waals surface area contributed by atoms with E-state index in [1.165, 1.54) is 0 Å². The maximum absolute atomic E-state index is 11.8. The van der Waals surface area contributed by atoms with Gasteiger partial charge in [0.2, 0.25) is 15.9 Å². The molecule has 21 heavy (non-hydrogen) atoms. The molecule has 5 nitrogen and oxygen atoms in total. The van der Waals surface area contributed by atoms with Gasteiger partial charge in [-0.3, -0.25) is 4.79 Å². The molecule has 118 valence electrons. The van der Waals surface area contributed by atoms with Crippen LogP contribution in [0.25, 0.3) is 0 Å². The molecule has 0 bridgehead atoms. The number of carbonyl (C=O) groups excluding carboxylic acids is 1. The summed E-state index contributed by atoms with van der Waals surface area (Å²) in [4.78, 5) is 11.6.